The van der Waals surface area contributed by atoms with Gasteiger partial charge in [0.25, 0.3) is 0 Å². The van der Waals surface area contributed by atoms with Gasteiger partial charge in [0, 0.05) is 37.4 Å². The summed E-state index contributed by atoms with van der Waals surface area (Å²) in [4.78, 5) is 26.2. The highest BCUT2D eigenvalue weighted by atomic mass is 35.5. The lowest BCUT2D eigenvalue weighted by molar-refractivity contribution is -0.126. The number of nitrogens with zero attached hydrogens (tertiary/aromatic N) is 1. The molecule has 25 heavy (non-hydrogen) atoms. The number of rotatable bonds is 7. The van der Waals surface area contributed by atoms with Crippen molar-refractivity contribution in [3.63, 3.8) is 0 Å². The Morgan fingerprint density at radius 3 is 2.52 bits per heavy atom. The third-order valence-electron chi connectivity index (χ3n) is 3.96. The molecule has 1 unspecified atom stereocenters. The Balaban J connectivity index is 0.00000288. The molecule has 1 aliphatic rings. The fourth-order valence-corrected chi connectivity index (χ4v) is 2.62. The smallest absolute Gasteiger partial charge is 0.246 e. The van der Waals surface area contributed by atoms with Crippen LogP contribution in [0.25, 0.3) is 0 Å². The van der Waals surface area contributed by atoms with Crippen LogP contribution in [-0.4, -0.2) is 44.5 Å². The van der Waals surface area contributed by atoms with Crippen LogP contribution in [0.15, 0.2) is 24.3 Å². The monoisotopic (exact) mass is 390 g/mol. The molecule has 1 atom stereocenters. The minimum Gasteiger partial charge on any atom is -0.371 e. The first kappa shape index (κ1) is 23.5. The van der Waals surface area contributed by atoms with Crippen LogP contribution >= 0.6 is 24.8 Å². The zero-order valence-electron chi connectivity index (χ0n) is 14.7. The molecule has 1 heterocycles. The van der Waals surface area contributed by atoms with Gasteiger partial charge in [0.2, 0.25) is 11.8 Å². The zero-order valence-corrected chi connectivity index (χ0v) is 16.3. The quantitative estimate of drug-likeness (QED) is 0.666. The molecule has 2 amide bonds. The van der Waals surface area contributed by atoms with Gasteiger partial charge in [-0.2, -0.15) is 0 Å². The van der Waals surface area contributed by atoms with Crippen LogP contribution in [0.4, 0.5) is 11.4 Å². The van der Waals surface area contributed by atoms with E-state index in [9.17, 15) is 9.59 Å². The summed E-state index contributed by atoms with van der Waals surface area (Å²) in [5.74, 6) is -0.339. The van der Waals surface area contributed by atoms with Gasteiger partial charge in [-0.15, -0.1) is 24.8 Å². The average Bonchev–Trinajstić information content (AvgIpc) is 3.07. The van der Waals surface area contributed by atoms with Crippen LogP contribution in [0, 0.1) is 0 Å². The van der Waals surface area contributed by atoms with E-state index in [2.05, 4.69) is 26.9 Å². The molecule has 0 radical (unpaired) electrons. The molecule has 3 N–H and O–H groups in total. The number of hydrogen-bond acceptors (Lipinski definition) is 4. The van der Waals surface area contributed by atoms with Gasteiger partial charge >= 0.3 is 0 Å². The van der Waals surface area contributed by atoms with Gasteiger partial charge in [0.05, 0.1) is 0 Å². The van der Waals surface area contributed by atoms with E-state index in [-0.39, 0.29) is 36.6 Å². The summed E-state index contributed by atoms with van der Waals surface area (Å²) in [6, 6.07) is 7.30. The summed E-state index contributed by atoms with van der Waals surface area (Å²) >= 11 is 0. The van der Waals surface area contributed by atoms with Gasteiger partial charge in [-0.3, -0.25) is 9.59 Å². The average molecular weight is 391 g/mol. The Morgan fingerprint density at radius 2 is 1.88 bits per heavy atom. The Kier molecular flexibility index (Phi) is 11.2. The fraction of sp³-hybridized carbons (Fsp3) is 0.529. The number of nitrogens with one attached hydrogen (secondary N) is 3. The maximum Gasteiger partial charge on any atom is 0.246 e. The predicted molar refractivity (Wildman–Crippen MR) is 107 cm³/mol. The number of anilines is 2. The van der Waals surface area contributed by atoms with E-state index >= 15 is 0 Å². The number of hydrogen-bond donors (Lipinski definition) is 3. The van der Waals surface area contributed by atoms with Crippen LogP contribution in [0.2, 0.25) is 0 Å². The van der Waals surface area contributed by atoms with E-state index in [1.807, 2.05) is 18.2 Å². The first-order chi connectivity index (χ1) is 11.1. The first-order valence-electron chi connectivity index (χ1n) is 8.20. The molecule has 0 bridgehead atoms. The van der Waals surface area contributed by atoms with Gasteiger partial charge in [-0.25, -0.2) is 0 Å². The van der Waals surface area contributed by atoms with E-state index in [0.717, 1.165) is 24.5 Å². The van der Waals surface area contributed by atoms with Crippen molar-refractivity contribution in [1.29, 1.82) is 0 Å². The van der Waals surface area contributed by atoms with Gasteiger partial charge in [0.15, 0.2) is 0 Å². The largest absolute Gasteiger partial charge is 0.371 e. The van der Waals surface area contributed by atoms with Crippen LogP contribution in [-0.2, 0) is 9.59 Å². The molecule has 1 saturated heterocycles. The minimum atomic E-state index is -0.560. The number of carbonyl (C=O) groups excluding carboxylic acids is 2. The molecule has 142 valence electrons. The van der Waals surface area contributed by atoms with Crippen molar-refractivity contribution in [3.8, 4) is 0 Å². The van der Waals surface area contributed by atoms with Gasteiger partial charge in [-0.1, -0.05) is 6.07 Å². The van der Waals surface area contributed by atoms with Gasteiger partial charge < -0.3 is 20.9 Å². The van der Waals surface area contributed by atoms with Gasteiger partial charge in [-0.05, 0) is 45.0 Å². The highest BCUT2D eigenvalue weighted by molar-refractivity contribution is 5.97. The molecular weight excluding hydrogens is 363 g/mol. The Hall–Kier alpha value is -1.50. The minimum absolute atomic E-state index is 0. The van der Waals surface area contributed by atoms with Crippen molar-refractivity contribution in [2.45, 2.75) is 32.2 Å². The van der Waals surface area contributed by atoms with Crippen molar-refractivity contribution in [3.05, 3.63) is 24.3 Å². The summed E-state index contributed by atoms with van der Waals surface area (Å²) < 4.78 is 0. The number of amides is 2. The lowest BCUT2D eigenvalue weighted by Crippen LogP contribution is -2.42. The number of halogens is 2. The molecule has 1 aromatic carbocycles. The van der Waals surface area contributed by atoms with E-state index in [1.165, 1.54) is 12.8 Å². The molecule has 1 aliphatic heterocycles. The van der Waals surface area contributed by atoms with Crippen molar-refractivity contribution in [2.75, 3.05) is 36.9 Å². The molecule has 1 fully saturated rings. The van der Waals surface area contributed by atoms with E-state index in [0.29, 0.717) is 13.0 Å². The molecule has 0 saturated carbocycles. The normalized spacial score (nSPS) is 14.1. The zero-order chi connectivity index (χ0) is 16.7. The molecule has 0 aromatic heterocycles. The Labute approximate surface area is 161 Å². The molecule has 0 aliphatic carbocycles. The van der Waals surface area contributed by atoms with Crippen LogP contribution in [0.1, 0.15) is 26.2 Å². The second-order valence-corrected chi connectivity index (χ2v) is 5.88. The topological polar surface area (TPSA) is 73.5 Å². The lowest BCUT2D eigenvalue weighted by atomic mass is 10.2. The molecule has 8 heteroatoms. The standard InChI is InChI=1S/C17H26N4O2.2ClH/c1-13(19-16(22)8-9-18-2)17(23)20-14-6-5-7-15(12-14)21-10-3-4-11-21;;/h5-7,12-13,18H,3-4,8-11H2,1-2H3,(H,19,22)(H,20,23);2*1H. The van der Waals surface area contributed by atoms with Crippen LogP contribution in [0.5, 0.6) is 0 Å². The summed E-state index contributed by atoms with van der Waals surface area (Å²) in [6.07, 6.45) is 2.79. The van der Waals surface area contributed by atoms with Crippen molar-refractivity contribution in [2.24, 2.45) is 0 Å². The van der Waals surface area contributed by atoms with Crippen LogP contribution in [0.3, 0.4) is 0 Å². The molecule has 0 spiro atoms. The second-order valence-electron chi connectivity index (χ2n) is 5.88. The number of benzene rings is 1. The van der Waals surface area contributed by atoms with Gasteiger partial charge in [0.1, 0.15) is 6.04 Å². The Morgan fingerprint density at radius 1 is 1.20 bits per heavy atom. The van der Waals surface area contributed by atoms with Crippen molar-refractivity contribution >= 4 is 48.0 Å². The van der Waals surface area contributed by atoms with E-state index in [1.54, 1.807) is 14.0 Å². The first-order valence-corrected chi connectivity index (χ1v) is 8.20. The highest BCUT2D eigenvalue weighted by Gasteiger charge is 2.16. The maximum atomic E-state index is 12.2. The van der Waals surface area contributed by atoms with Crippen molar-refractivity contribution in [1.82, 2.24) is 10.6 Å². The third-order valence-corrected chi connectivity index (χ3v) is 3.96. The van der Waals surface area contributed by atoms with Crippen molar-refractivity contribution < 1.29 is 9.59 Å². The molecule has 2 rings (SSSR count). The third kappa shape index (κ3) is 7.50. The SMILES string of the molecule is CNCCC(=O)NC(C)C(=O)Nc1cccc(N2CCCC2)c1.Cl.Cl. The van der Waals surface area contributed by atoms with E-state index in [4.69, 9.17) is 0 Å². The Bertz CT molecular complexity index is 551. The summed E-state index contributed by atoms with van der Waals surface area (Å²) in [6.45, 7) is 4.42. The summed E-state index contributed by atoms with van der Waals surface area (Å²) in [7, 11) is 1.79. The maximum absolute atomic E-state index is 12.2. The summed E-state index contributed by atoms with van der Waals surface area (Å²) in [5.41, 5.74) is 1.89. The predicted octanol–water partition coefficient (Wildman–Crippen LogP) is 2.18. The van der Waals surface area contributed by atoms with E-state index < -0.39 is 6.04 Å². The second kappa shape index (κ2) is 12.0. The highest BCUT2D eigenvalue weighted by Crippen LogP contribution is 2.23. The molecular formula is C17H28Cl2N4O2. The fourth-order valence-electron chi connectivity index (χ4n) is 2.62. The number of carbonyl (C=O) groups is 2. The lowest BCUT2D eigenvalue weighted by Gasteiger charge is -2.19. The molecule has 1 aromatic rings. The van der Waals surface area contributed by atoms with Crippen LogP contribution < -0.4 is 20.9 Å². The summed E-state index contributed by atoms with van der Waals surface area (Å²) in [5, 5.41) is 8.48. The molecule has 6 nitrogen and oxygen atoms in total.